The molecule has 0 aliphatic rings. The highest BCUT2D eigenvalue weighted by atomic mass is 16.5. The van der Waals surface area contributed by atoms with Gasteiger partial charge in [0.05, 0.1) is 27.3 Å². The molecule has 8 nitrogen and oxygen atoms in total. The second-order valence-electron chi connectivity index (χ2n) is 5.77. The number of fused-ring (bicyclic) bond motifs is 1. The molecule has 0 amide bonds. The van der Waals surface area contributed by atoms with Gasteiger partial charge in [-0.1, -0.05) is 6.07 Å². The Labute approximate surface area is 158 Å². The molecule has 1 aromatic carbocycles. The van der Waals surface area contributed by atoms with Crippen LogP contribution in [0.2, 0.25) is 0 Å². The summed E-state index contributed by atoms with van der Waals surface area (Å²) in [5.74, 6) is 3.02. The maximum atomic E-state index is 5.44. The summed E-state index contributed by atoms with van der Waals surface area (Å²) in [6, 6.07) is 11.5. The lowest BCUT2D eigenvalue weighted by molar-refractivity contribution is 0.391. The number of hydrogen-bond donors (Lipinski definition) is 2. The van der Waals surface area contributed by atoms with Crippen LogP contribution in [0.15, 0.2) is 47.6 Å². The molecule has 2 aromatic heterocycles. The Morgan fingerprint density at radius 1 is 1.11 bits per heavy atom. The highest BCUT2D eigenvalue weighted by Gasteiger charge is 2.07. The van der Waals surface area contributed by atoms with Gasteiger partial charge in [0.1, 0.15) is 11.5 Å². The number of benzene rings is 1. The summed E-state index contributed by atoms with van der Waals surface area (Å²) in [4.78, 5) is 4.64. The van der Waals surface area contributed by atoms with Crippen LogP contribution in [0.5, 0.6) is 11.5 Å². The van der Waals surface area contributed by atoms with E-state index in [1.54, 1.807) is 14.2 Å². The van der Waals surface area contributed by atoms with Crippen LogP contribution in [-0.4, -0.2) is 41.3 Å². The summed E-state index contributed by atoms with van der Waals surface area (Å²) in [6.45, 7) is 3.77. The molecule has 3 aromatic rings. The Kier molecular flexibility index (Phi) is 6.09. The Hall–Kier alpha value is -3.29. The number of pyridine rings is 1. The van der Waals surface area contributed by atoms with Crippen LogP contribution in [0.4, 0.5) is 0 Å². The second-order valence-corrected chi connectivity index (χ2v) is 5.77. The third kappa shape index (κ3) is 4.46. The topological polar surface area (TPSA) is 85.1 Å². The van der Waals surface area contributed by atoms with Gasteiger partial charge in [0.25, 0.3) is 0 Å². The smallest absolute Gasteiger partial charge is 0.191 e. The van der Waals surface area contributed by atoms with Crippen LogP contribution in [0, 0.1) is 0 Å². The molecule has 0 bridgehead atoms. The summed E-state index contributed by atoms with van der Waals surface area (Å²) in [6.07, 6.45) is 1.94. The van der Waals surface area contributed by atoms with E-state index in [2.05, 4.69) is 25.8 Å². The van der Waals surface area contributed by atoms with Gasteiger partial charge in [0, 0.05) is 24.4 Å². The van der Waals surface area contributed by atoms with Gasteiger partial charge in [-0.25, -0.2) is 4.99 Å². The first kappa shape index (κ1) is 18.5. The van der Waals surface area contributed by atoms with Gasteiger partial charge >= 0.3 is 0 Å². The molecule has 0 unspecified atom stereocenters. The minimum absolute atomic E-state index is 0.475. The van der Waals surface area contributed by atoms with E-state index in [1.807, 2.05) is 53.9 Å². The summed E-state index contributed by atoms with van der Waals surface area (Å²) < 4.78 is 12.6. The zero-order valence-electron chi connectivity index (χ0n) is 15.8. The van der Waals surface area contributed by atoms with Crippen LogP contribution in [0.3, 0.4) is 0 Å². The van der Waals surface area contributed by atoms with E-state index in [1.165, 1.54) is 0 Å². The van der Waals surface area contributed by atoms with Crippen molar-refractivity contribution in [3.8, 4) is 11.5 Å². The van der Waals surface area contributed by atoms with E-state index in [-0.39, 0.29) is 0 Å². The SMILES string of the molecule is CCNC(=NCc1ccc(OC)cc1OC)NCc1nnc2ccccn12. The summed E-state index contributed by atoms with van der Waals surface area (Å²) in [5.41, 5.74) is 1.79. The first-order valence-corrected chi connectivity index (χ1v) is 8.77. The standard InChI is InChI=1S/C19H24N6O2/c1-4-20-19(21-12-14-8-9-15(26-2)11-16(14)27-3)22-13-18-24-23-17-7-5-6-10-25(17)18/h5-11H,4,12-13H2,1-3H3,(H2,20,21,22). The normalized spacial score (nSPS) is 11.4. The average Bonchev–Trinajstić information content (AvgIpc) is 3.13. The van der Waals surface area contributed by atoms with Crippen molar-refractivity contribution in [3.63, 3.8) is 0 Å². The van der Waals surface area contributed by atoms with Crippen LogP contribution in [0.25, 0.3) is 5.65 Å². The van der Waals surface area contributed by atoms with E-state index in [0.717, 1.165) is 35.1 Å². The van der Waals surface area contributed by atoms with Crippen molar-refractivity contribution in [1.29, 1.82) is 0 Å². The number of methoxy groups -OCH3 is 2. The Bertz CT molecular complexity index is 921. The lowest BCUT2D eigenvalue weighted by atomic mass is 10.2. The van der Waals surface area contributed by atoms with Gasteiger partial charge in [-0.3, -0.25) is 4.40 Å². The number of hydrogen-bond acceptors (Lipinski definition) is 5. The highest BCUT2D eigenvalue weighted by molar-refractivity contribution is 5.79. The molecule has 142 valence electrons. The minimum Gasteiger partial charge on any atom is -0.497 e. The van der Waals surface area contributed by atoms with Crippen LogP contribution < -0.4 is 20.1 Å². The lowest BCUT2D eigenvalue weighted by Crippen LogP contribution is -2.37. The molecule has 0 saturated heterocycles. The monoisotopic (exact) mass is 368 g/mol. The molecule has 0 aliphatic heterocycles. The predicted octanol–water partition coefficient (Wildman–Crippen LogP) is 2.00. The molecular weight excluding hydrogens is 344 g/mol. The molecule has 27 heavy (non-hydrogen) atoms. The maximum absolute atomic E-state index is 5.44. The number of ether oxygens (including phenoxy) is 2. The van der Waals surface area contributed by atoms with Crippen LogP contribution in [-0.2, 0) is 13.1 Å². The number of guanidine groups is 1. The highest BCUT2D eigenvalue weighted by Crippen LogP contribution is 2.25. The van der Waals surface area contributed by atoms with E-state index < -0.39 is 0 Å². The number of nitrogens with one attached hydrogen (secondary N) is 2. The van der Waals surface area contributed by atoms with Gasteiger partial charge in [-0.15, -0.1) is 10.2 Å². The summed E-state index contributed by atoms with van der Waals surface area (Å²) >= 11 is 0. The number of rotatable bonds is 7. The van der Waals surface area contributed by atoms with Gasteiger partial charge in [0.15, 0.2) is 17.4 Å². The minimum atomic E-state index is 0.475. The number of aromatic nitrogens is 3. The predicted molar refractivity (Wildman–Crippen MR) is 104 cm³/mol. The van der Waals surface area contributed by atoms with E-state index in [0.29, 0.717) is 19.0 Å². The Morgan fingerprint density at radius 3 is 2.78 bits per heavy atom. The third-order valence-electron chi connectivity index (χ3n) is 4.04. The van der Waals surface area contributed by atoms with E-state index in [9.17, 15) is 0 Å². The fraction of sp³-hybridized carbons (Fsp3) is 0.316. The first-order valence-electron chi connectivity index (χ1n) is 8.77. The van der Waals surface area contributed by atoms with E-state index in [4.69, 9.17) is 9.47 Å². The molecule has 0 spiro atoms. The molecule has 0 aliphatic carbocycles. The van der Waals surface area contributed by atoms with Crippen molar-refractivity contribution >= 4 is 11.6 Å². The third-order valence-corrected chi connectivity index (χ3v) is 4.04. The fourth-order valence-corrected chi connectivity index (χ4v) is 2.66. The van der Waals surface area contributed by atoms with Crippen LogP contribution >= 0.6 is 0 Å². The number of nitrogens with zero attached hydrogens (tertiary/aromatic N) is 4. The van der Waals surface area contributed by atoms with E-state index >= 15 is 0 Å². The van der Waals surface area contributed by atoms with Crippen molar-refractivity contribution in [1.82, 2.24) is 25.2 Å². The fourth-order valence-electron chi connectivity index (χ4n) is 2.66. The average molecular weight is 368 g/mol. The first-order chi connectivity index (χ1) is 13.2. The Morgan fingerprint density at radius 2 is 2.00 bits per heavy atom. The Balaban J connectivity index is 1.71. The second kappa shape index (κ2) is 8.88. The molecule has 0 atom stereocenters. The maximum Gasteiger partial charge on any atom is 0.191 e. The molecule has 2 N–H and O–H groups in total. The molecule has 2 heterocycles. The van der Waals surface area contributed by atoms with Crippen molar-refractivity contribution in [2.24, 2.45) is 4.99 Å². The zero-order valence-corrected chi connectivity index (χ0v) is 15.8. The number of aliphatic imine (C=N–C) groups is 1. The zero-order chi connectivity index (χ0) is 19.1. The van der Waals surface area contributed by atoms with Crippen molar-refractivity contribution < 1.29 is 9.47 Å². The molecule has 3 rings (SSSR count). The van der Waals surface area contributed by atoms with Gasteiger partial charge in [0.2, 0.25) is 0 Å². The van der Waals surface area contributed by atoms with Crippen molar-refractivity contribution in [3.05, 3.63) is 54.0 Å². The molecule has 0 saturated carbocycles. The summed E-state index contributed by atoms with van der Waals surface area (Å²) in [5, 5.41) is 14.9. The van der Waals surface area contributed by atoms with Gasteiger partial charge in [-0.2, -0.15) is 0 Å². The molecular formula is C19H24N6O2. The molecule has 0 fully saturated rings. The van der Waals surface area contributed by atoms with Crippen molar-refractivity contribution in [2.45, 2.75) is 20.0 Å². The largest absolute Gasteiger partial charge is 0.497 e. The quantitative estimate of drug-likeness (QED) is 0.490. The summed E-state index contributed by atoms with van der Waals surface area (Å²) in [7, 11) is 3.27. The lowest BCUT2D eigenvalue weighted by Gasteiger charge is -2.12. The molecule has 0 radical (unpaired) electrons. The van der Waals surface area contributed by atoms with Crippen LogP contribution in [0.1, 0.15) is 18.3 Å². The van der Waals surface area contributed by atoms with Crippen molar-refractivity contribution in [2.75, 3.05) is 20.8 Å². The van der Waals surface area contributed by atoms with Gasteiger partial charge in [-0.05, 0) is 31.2 Å². The molecule has 8 heteroatoms. The van der Waals surface area contributed by atoms with Gasteiger partial charge < -0.3 is 20.1 Å².